The van der Waals surface area contributed by atoms with Crippen LogP contribution in [0.2, 0.25) is 0 Å². The van der Waals surface area contributed by atoms with Gasteiger partial charge in [-0.3, -0.25) is 5.41 Å². The minimum Gasteiger partial charge on any atom is -0.369 e. The second-order valence-electron chi connectivity index (χ2n) is 3.07. The number of rotatable bonds is 0. The molecule has 1 aliphatic rings. The van der Waals surface area contributed by atoms with Gasteiger partial charge in [-0.1, -0.05) is 6.07 Å². The van der Waals surface area contributed by atoms with E-state index in [2.05, 4.69) is 20.3 Å². The minimum atomic E-state index is -0.0689. The van der Waals surface area contributed by atoms with E-state index in [-0.39, 0.29) is 11.6 Å². The molecule has 0 unspecified atom stereocenters. The van der Waals surface area contributed by atoms with Crippen LogP contribution in [0.25, 0.3) is 5.65 Å². The van der Waals surface area contributed by atoms with Gasteiger partial charge >= 0.3 is 0 Å². The zero-order valence-corrected chi connectivity index (χ0v) is 7.60. The highest BCUT2D eigenvalue weighted by Crippen LogP contribution is 2.19. The Bertz CT molecular complexity index is 639. The SMILES string of the molecule is N=c1nc2n3c(cccc3n1)NC(N)=N2. The third-order valence-corrected chi connectivity index (χ3v) is 2.07. The Kier molecular flexibility index (Phi) is 1.34. The minimum absolute atomic E-state index is 0.0689. The van der Waals surface area contributed by atoms with Crippen LogP contribution < -0.4 is 16.7 Å². The molecule has 2 aromatic rings. The molecule has 7 heteroatoms. The molecule has 0 fully saturated rings. The average molecular weight is 201 g/mol. The van der Waals surface area contributed by atoms with Gasteiger partial charge in [0.15, 0.2) is 0 Å². The van der Waals surface area contributed by atoms with Crippen molar-refractivity contribution in [3.63, 3.8) is 0 Å². The van der Waals surface area contributed by atoms with Gasteiger partial charge in [0.2, 0.25) is 17.5 Å². The molecule has 74 valence electrons. The van der Waals surface area contributed by atoms with Crippen molar-refractivity contribution in [3.8, 4) is 0 Å². The number of aromatic nitrogens is 3. The van der Waals surface area contributed by atoms with Gasteiger partial charge in [0.05, 0.1) is 0 Å². The normalized spacial score (nSPS) is 13.5. The largest absolute Gasteiger partial charge is 0.369 e. The fourth-order valence-corrected chi connectivity index (χ4v) is 1.51. The number of hydrogen-bond acceptors (Lipinski definition) is 6. The number of nitrogens with two attached hydrogens (primary N) is 1. The van der Waals surface area contributed by atoms with Crippen LogP contribution >= 0.6 is 0 Å². The molecule has 0 aliphatic carbocycles. The van der Waals surface area contributed by atoms with Crippen LogP contribution in [0.3, 0.4) is 0 Å². The number of pyridine rings is 1. The first-order valence-electron chi connectivity index (χ1n) is 4.30. The second kappa shape index (κ2) is 2.53. The van der Waals surface area contributed by atoms with Crippen molar-refractivity contribution in [1.29, 1.82) is 5.41 Å². The smallest absolute Gasteiger partial charge is 0.247 e. The van der Waals surface area contributed by atoms with Crippen LogP contribution in [0.15, 0.2) is 23.2 Å². The highest BCUT2D eigenvalue weighted by molar-refractivity contribution is 5.95. The lowest BCUT2D eigenvalue weighted by atomic mass is 10.4. The quantitative estimate of drug-likeness (QED) is 0.538. The molecule has 0 saturated carbocycles. The first-order valence-corrected chi connectivity index (χ1v) is 4.30. The van der Waals surface area contributed by atoms with Gasteiger partial charge in [-0.25, -0.2) is 4.40 Å². The third-order valence-electron chi connectivity index (χ3n) is 2.07. The van der Waals surface area contributed by atoms with Crippen molar-refractivity contribution in [1.82, 2.24) is 14.4 Å². The van der Waals surface area contributed by atoms with E-state index in [1.54, 1.807) is 10.5 Å². The third kappa shape index (κ3) is 1.06. The van der Waals surface area contributed by atoms with Crippen molar-refractivity contribution in [2.75, 3.05) is 5.32 Å². The Hall–Kier alpha value is -2.44. The summed E-state index contributed by atoms with van der Waals surface area (Å²) >= 11 is 0. The Morgan fingerprint density at radius 1 is 1.33 bits per heavy atom. The summed E-state index contributed by atoms with van der Waals surface area (Å²) in [6, 6.07) is 5.45. The Morgan fingerprint density at radius 2 is 2.20 bits per heavy atom. The van der Waals surface area contributed by atoms with E-state index in [1.807, 2.05) is 12.1 Å². The summed E-state index contributed by atoms with van der Waals surface area (Å²) in [4.78, 5) is 11.9. The Balaban J connectivity index is 2.55. The molecule has 0 spiro atoms. The van der Waals surface area contributed by atoms with Crippen molar-refractivity contribution in [2.24, 2.45) is 10.7 Å². The van der Waals surface area contributed by atoms with E-state index in [1.165, 1.54) is 0 Å². The number of hydrogen-bond donors (Lipinski definition) is 3. The van der Waals surface area contributed by atoms with Crippen molar-refractivity contribution < 1.29 is 0 Å². The van der Waals surface area contributed by atoms with Gasteiger partial charge in [-0.15, -0.1) is 0 Å². The van der Waals surface area contributed by atoms with Gasteiger partial charge in [0.25, 0.3) is 0 Å². The molecule has 2 aromatic heterocycles. The van der Waals surface area contributed by atoms with E-state index in [4.69, 9.17) is 11.1 Å². The molecule has 4 N–H and O–H groups in total. The lowest BCUT2D eigenvalue weighted by Crippen LogP contribution is -2.28. The molecule has 0 radical (unpaired) electrons. The van der Waals surface area contributed by atoms with E-state index in [0.717, 1.165) is 5.82 Å². The fourth-order valence-electron chi connectivity index (χ4n) is 1.51. The number of anilines is 1. The molecule has 15 heavy (non-hydrogen) atoms. The van der Waals surface area contributed by atoms with E-state index < -0.39 is 0 Å². The van der Waals surface area contributed by atoms with Gasteiger partial charge in [0.1, 0.15) is 11.5 Å². The van der Waals surface area contributed by atoms with Crippen LogP contribution in [0.4, 0.5) is 11.8 Å². The Labute approximate surface area is 83.8 Å². The summed E-state index contributed by atoms with van der Waals surface area (Å²) in [5, 5.41) is 10.3. The standard InChI is InChI=1S/C8H7N7/c9-6-11-4-2-1-3-5-12-7(10)14-8(13-6)15(4)5/h1-3H,(H4,9,10,11,12,13,14). The first kappa shape index (κ1) is 7.92. The monoisotopic (exact) mass is 201 g/mol. The average Bonchev–Trinajstić information content (AvgIpc) is 2.16. The van der Waals surface area contributed by atoms with Crippen LogP contribution in [0.1, 0.15) is 0 Å². The van der Waals surface area contributed by atoms with Gasteiger partial charge in [-0.05, 0) is 12.1 Å². The molecule has 7 nitrogen and oxygen atoms in total. The summed E-state index contributed by atoms with van der Waals surface area (Å²) in [7, 11) is 0. The van der Waals surface area contributed by atoms with Gasteiger partial charge in [-0.2, -0.15) is 15.0 Å². The molecule has 0 bridgehead atoms. The van der Waals surface area contributed by atoms with Crippen molar-refractivity contribution in [3.05, 3.63) is 23.8 Å². The molecular weight excluding hydrogens is 194 g/mol. The summed E-state index contributed by atoms with van der Waals surface area (Å²) in [5.74, 6) is 1.38. The summed E-state index contributed by atoms with van der Waals surface area (Å²) in [5.41, 5.74) is 6.13. The van der Waals surface area contributed by atoms with E-state index in [9.17, 15) is 0 Å². The summed E-state index contributed by atoms with van der Waals surface area (Å²) < 4.78 is 1.70. The second-order valence-corrected chi connectivity index (χ2v) is 3.07. The fraction of sp³-hybridized carbons (Fsp3) is 0. The Morgan fingerprint density at radius 3 is 3.07 bits per heavy atom. The predicted molar refractivity (Wildman–Crippen MR) is 53.7 cm³/mol. The molecule has 0 atom stereocenters. The van der Waals surface area contributed by atoms with Crippen LogP contribution in [-0.4, -0.2) is 20.3 Å². The molecule has 0 amide bonds. The van der Waals surface area contributed by atoms with Crippen LogP contribution in [0, 0.1) is 5.41 Å². The summed E-state index contributed by atoms with van der Waals surface area (Å²) in [6.45, 7) is 0. The summed E-state index contributed by atoms with van der Waals surface area (Å²) in [6.07, 6.45) is 0. The lowest BCUT2D eigenvalue weighted by Gasteiger charge is -2.16. The van der Waals surface area contributed by atoms with E-state index in [0.29, 0.717) is 11.6 Å². The van der Waals surface area contributed by atoms with E-state index >= 15 is 0 Å². The van der Waals surface area contributed by atoms with Gasteiger partial charge in [0, 0.05) is 0 Å². The maximum Gasteiger partial charge on any atom is 0.247 e. The van der Waals surface area contributed by atoms with Crippen molar-refractivity contribution in [2.45, 2.75) is 0 Å². The predicted octanol–water partition coefficient (Wildman–Crippen LogP) is -0.420. The zero-order chi connectivity index (χ0) is 10.4. The van der Waals surface area contributed by atoms with Crippen molar-refractivity contribution >= 4 is 23.4 Å². The highest BCUT2D eigenvalue weighted by Gasteiger charge is 2.12. The molecule has 1 aliphatic heterocycles. The number of nitrogens with zero attached hydrogens (tertiary/aromatic N) is 4. The zero-order valence-electron chi connectivity index (χ0n) is 7.60. The highest BCUT2D eigenvalue weighted by atomic mass is 15.3. The maximum absolute atomic E-state index is 7.42. The number of guanidine groups is 1. The number of aliphatic imine (C=N–C) groups is 1. The molecule has 0 aromatic carbocycles. The molecular formula is C8H7N7. The first-order chi connectivity index (χ1) is 7.24. The number of nitrogens with one attached hydrogen (secondary N) is 2. The molecule has 3 rings (SSSR count). The van der Waals surface area contributed by atoms with Crippen LogP contribution in [0.5, 0.6) is 0 Å². The van der Waals surface area contributed by atoms with Crippen LogP contribution in [-0.2, 0) is 0 Å². The molecule has 3 heterocycles. The van der Waals surface area contributed by atoms with Gasteiger partial charge < -0.3 is 11.1 Å². The molecule has 0 saturated heterocycles. The maximum atomic E-state index is 7.42. The topological polar surface area (TPSA) is 104 Å². The lowest BCUT2D eigenvalue weighted by molar-refractivity contribution is 0.900.